The number of hydrogen-bond donors (Lipinski definition) is 0. The number of carbonyl (C=O) groups excluding carboxylic acids is 1. The summed E-state index contributed by atoms with van der Waals surface area (Å²) >= 11 is 0. The van der Waals surface area contributed by atoms with Gasteiger partial charge >= 0.3 is 0 Å². The minimum atomic E-state index is -4.11. The molecular formula is C26H29NO4S. The number of hydrogen-bond acceptors (Lipinski definition) is 4. The molecule has 0 heterocycles. The first-order valence-corrected chi connectivity index (χ1v) is 12.0. The van der Waals surface area contributed by atoms with E-state index >= 15 is 0 Å². The lowest BCUT2D eigenvalue weighted by molar-refractivity contribution is -0.119. The van der Waals surface area contributed by atoms with Crippen molar-refractivity contribution in [1.82, 2.24) is 0 Å². The van der Waals surface area contributed by atoms with Crippen LogP contribution in [0.1, 0.15) is 42.0 Å². The van der Waals surface area contributed by atoms with Crippen molar-refractivity contribution in [2.45, 2.75) is 45.4 Å². The molecule has 0 aliphatic carbocycles. The van der Waals surface area contributed by atoms with Gasteiger partial charge in [0.25, 0.3) is 15.9 Å². The summed E-state index contributed by atoms with van der Waals surface area (Å²) in [5, 5.41) is 0. The Morgan fingerprint density at radius 2 is 1.44 bits per heavy atom. The van der Waals surface area contributed by atoms with Gasteiger partial charge in [-0.05, 0) is 74.2 Å². The van der Waals surface area contributed by atoms with Crippen LogP contribution >= 0.6 is 0 Å². The molecule has 6 heteroatoms. The van der Waals surface area contributed by atoms with E-state index in [0.717, 1.165) is 21.0 Å². The van der Waals surface area contributed by atoms with Gasteiger partial charge in [0.2, 0.25) is 0 Å². The number of aryl methyl sites for hydroxylation is 3. The van der Waals surface area contributed by atoms with Crippen molar-refractivity contribution in [2.24, 2.45) is 0 Å². The second-order valence-corrected chi connectivity index (χ2v) is 10.1. The number of ether oxygens (including phenoxy) is 1. The predicted octanol–water partition coefficient (Wildman–Crippen LogP) is 5.54. The van der Waals surface area contributed by atoms with Crippen molar-refractivity contribution in [3.8, 4) is 5.75 Å². The van der Waals surface area contributed by atoms with E-state index in [1.54, 1.807) is 42.5 Å². The van der Waals surface area contributed by atoms with Crippen LogP contribution in [0.2, 0.25) is 0 Å². The molecule has 0 saturated heterocycles. The molecule has 168 valence electrons. The Hall–Kier alpha value is -3.12. The predicted molar refractivity (Wildman–Crippen MR) is 128 cm³/mol. The van der Waals surface area contributed by atoms with E-state index in [9.17, 15) is 13.2 Å². The minimum Gasteiger partial charge on any atom is -0.484 e. The van der Waals surface area contributed by atoms with Gasteiger partial charge in [0.15, 0.2) is 6.61 Å². The van der Waals surface area contributed by atoms with E-state index in [2.05, 4.69) is 13.8 Å². The van der Waals surface area contributed by atoms with Crippen molar-refractivity contribution in [2.75, 3.05) is 10.9 Å². The zero-order valence-corrected chi connectivity index (χ0v) is 19.9. The number of rotatable bonds is 7. The van der Waals surface area contributed by atoms with Gasteiger partial charge in [-0.2, -0.15) is 4.31 Å². The standard InChI is InChI=1S/C26H29NO4S/c1-18(2)25-15-12-23(16-21(25)5)31-17-26(28)27(22-10-6-19(3)7-11-22)32(29,30)24-13-8-20(4)9-14-24/h6-16,18H,17H2,1-5H3. The van der Waals surface area contributed by atoms with E-state index < -0.39 is 22.5 Å². The zero-order chi connectivity index (χ0) is 23.5. The second-order valence-electron chi connectivity index (χ2n) is 8.27. The van der Waals surface area contributed by atoms with Crippen LogP contribution in [0.15, 0.2) is 71.6 Å². The molecule has 0 saturated carbocycles. The van der Waals surface area contributed by atoms with E-state index in [1.807, 2.05) is 32.9 Å². The first kappa shape index (κ1) is 23.5. The summed E-state index contributed by atoms with van der Waals surface area (Å²) in [6.07, 6.45) is 0. The van der Waals surface area contributed by atoms with Crippen LogP contribution in [-0.4, -0.2) is 20.9 Å². The van der Waals surface area contributed by atoms with Gasteiger partial charge < -0.3 is 4.74 Å². The Morgan fingerprint density at radius 3 is 1.97 bits per heavy atom. The third-order valence-electron chi connectivity index (χ3n) is 5.28. The van der Waals surface area contributed by atoms with Crippen molar-refractivity contribution in [3.05, 3.63) is 89.0 Å². The Morgan fingerprint density at radius 1 is 0.875 bits per heavy atom. The van der Waals surface area contributed by atoms with Gasteiger partial charge in [-0.3, -0.25) is 4.79 Å². The zero-order valence-electron chi connectivity index (χ0n) is 19.1. The summed E-state index contributed by atoms with van der Waals surface area (Å²) in [4.78, 5) is 13.2. The molecule has 32 heavy (non-hydrogen) atoms. The average Bonchev–Trinajstić information content (AvgIpc) is 2.74. The highest BCUT2D eigenvalue weighted by Gasteiger charge is 2.31. The molecule has 0 radical (unpaired) electrons. The molecule has 0 aliphatic heterocycles. The molecule has 0 N–H and O–H groups in total. The number of benzene rings is 3. The number of sulfonamides is 1. The van der Waals surface area contributed by atoms with Crippen LogP contribution in [0.5, 0.6) is 5.75 Å². The third-order valence-corrected chi connectivity index (χ3v) is 7.04. The molecule has 0 atom stereocenters. The molecule has 0 fully saturated rings. The summed E-state index contributed by atoms with van der Waals surface area (Å²) in [7, 11) is -4.11. The highest BCUT2D eigenvalue weighted by Crippen LogP contribution is 2.26. The van der Waals surface area contributed by atoms with Crippen molar-refractivity contribution in [1.29, 1.82) is 0 Å². The number of amides is 1. The van der Waals surface area contributed by atoms with Crippen LogP contribution in [0.25, 0.3) is 0 Å². The first-order chi connectivity index (χ1) is 15.1. The van der Waals surface area contributed by atoms with Crippen LogP contribution in [0.4, 0.5) is 5.69 Å². The maximum atomic E-state index is 13.4. The smallest absolute Gasteiger partial charge is 0.278 e. The average molecular weight is 452 g/mol. The second kappa shape index (κ2) is 9.57. The summed E-state index contributed by atoms with van der Waals surface area (Å²) in [6, 6.07) is 18.9. The molecule has 0 unspecified atom stereocenters. The molecule has 0 aliphatic rings. The summed E-state index contributed by atoms with van der Waals surface area (Å²) < 4.78 is 33.3. The number of anilines is 1. The Kier molecular flexibility index (Phi) is 7.04. The Labute approximate surface area is 190 Å². The van der Waals surface area contributed by atoms with E-state index in [-0.39, 0.29) is 10.6 Å². The van der Waals surface area contributed by atoms with Gasteiger partial charge in [0.1, 0.15) is 5.75 Å². The van der Waals surface area contributed by atoms with Crippen LogP contribution in [0.3, 0.4) is 0 Å². The molecule has 0 spiro atoms. The SMILES string of the molecule is Cc1ccc(N(C(=O)COc2ccc(C(C)C)c(C)c2)S(=O)(=O)c2ccc(C)cc2)cc1. The Balaban J connectivity index is 1.91. The molecule has 0 aromatic heterocycles. The molecule has 3 aromatic carbocycles. The van der Waals surface area contributed by atoms with Crippen LogP contribution in [-0.2, 0) is 14.8 Å². The quantitative estimate of drug-likeness (QED) is 0.473. The topological polar surface area (TPSA) is 63.7 Å². The normalized spacial score (nSPS) is 11.4. The van der Waals surface area contributed by atoms with E-state index in [0.29, 0.717) is 11.7 Å². The fourth-order valence-electron chi connectivity index (χ4n) is 3.50. The maximum absolute atomic E-state index is 13.4. The Bertz CT molecular complexity index is 1200. The van der Waals surface area contributed by atoms with E-state index in [4.69, 9.17) is 4.74 Å². The van der Waals surface area contributed by atoms with Crippen LogP contribution < -0.4 is 9.04 Å². The molecule has 3 rings (SSSR count). The van der Waals surface area contributed by atoms with Gasteiger partial charge in [-0.1, -0.05) is 55.3 Å². The molecule has 0 bridgehead atoms. The van der Waals surface area contributed by atoms with Gasteiger partial charge in [0.05, 0.1) is 10.6 Å². The van der Waals surface area contributed by atoms with Gasteiger partial charge in [0, 0.05) is 0 Å². The highest BCUT2D eigenvalue weighted by atomic mass is 32.2. The maximum Gasteiger partial charge on any atom is 0.278 e. The van der Waals surface area contributed by atoms with Crippen molar-refractivity contribution in [3.63, 3.8) is 0 Å². The van der Waals surface area contributed by atoms with Gasteiger partial charge in [-0.25, -0.2) is 8.42 Å². The van der Waals surface area contributed by atoms with Gasteiger partial charge in [-0.15, -0.1) is 0 Å². The fourth-order valence-corrected chi connectivity index (χ4v) is 4.91. The molecule has 5 nitrogen and oxygen atoms in total. The monoisotopic (exact) mass is 451 g/mol. The lowest BCUT2D eigenvalue weighted by Crippen LogP contribution is -2.40. The molecule has 1 amide bonds. The van der Waals surface area contributed by atoms with Crippen molar-refractivity contribution < 1.29 is 17.9 Å². The molecular weight excluding hydrogens is 422 g/mol. The van der Waals surface area contributed by atoms with E-state index in [1.165, 1.54) is 17.7 Å². The summed E-state index contributed by atoms with van der Waals surface area (Å²) in [6.45, 7) is 9.59. The third kappa shape index (κ3) is 5.19. The first-order valence-electron chi connectivity index (χ1n) is 10.5. The lowest BCUT2D eigenvalue weighted by atomic mass is 9.98. The number of carbonyl (C=O) groups is 1. The fraction of sp³-hybridized carbons (Fsp3) is 0.269. The summed E-state index contributed by atoms with van der Waals surface area (Å²) in [5.41, 5.74) is 4.43. The molecule has 3 aromatic rings. The van der Waals surface area contributed by atoms with Crippen LogP contribution in [0, 0.1) is 20.8 Å². The largest absolute Gasteiger partial charge is 0.484 e. The number of nitrogens with zero attached hydrogens (tertiary/aromatic N) is 1. The van der Waals surface area contributed by atoms with Crippen molar-refractivity contribution >= 4 is 21.6 Å². The lowest BCUT2D eigenvalue weighted by Gasteiger charge is -2.23. The summed E-state index contributed by atoms with van der Waals surface area (Å²) in [5.74, 6) is 0.235. The highest BCUT2D eigenvalue weighted by molar-refractivity contribution is 7.93. The minimum absolute atomic E-state index is 0.0501.